The second kappa shape index (κ2) is 7.02. The van der Waals surface area contributed by atoms with Gasteiger partial charge in [0, 0.05) is 43.9 Å². The Bertz CT molecular complexity index is 1180. The van der Waals surface area contributed by atoms with Gasteiger partial charge >= 0.3 is 0 Å². The highest BCUT2D eigenvalue weighted by Crippen LogP contribution is 2.43. The van der Waals surface area contributed by atoms with Gasteiger partial charge < -0.3 is 15.2 Å². The molecule has 5 rings (SSSR count). The zero-order valence-electron chi connectivity index (χ0n) is 15.4. The lowest BCUT2D eigenvalue weighted by Gasteiger charge is -2.23. The van der Waals surface area contributed by atoms with Gasteiger partial charge in [0.15, 0.2) is 11.6 Å². The van der Waals surface area contributed by atoms with E-state index in [0.29, 0.717) is 0 Å². The Kier molecular flexibility index (Phi) is 4.36. The van der Waals surface area contributed by atoms with Crippen LogP contribution in [0.4, 0.5) is 5.69 Å². The van der Waals surface area contributed by atoms with Crippen LogP contribution in [0.1, 0.15) is 18.3 Å². The molecule has 0 bridgehead atoms. The summed E-state index contributed by atoms with van der Waals surface area (Å²) < 4.78 is 12.6. The Morgan fingerprint density at radius 1 is 0.929 bits per heavy atom. The second-order valence-corrected chi connectivity index (χ2v) is 8.12. The van der Waals surface area contributed by atoms with Crippen LogP contribution < -0.4 is 16.5 Å². The van der Waals surface area contributed by atoms with Gasteiger partial charge in [-0.1, -0.05) is 30.3 Å². The Labute approximate surface area is 167 Å². The maximum absolute atomic E-state index is 6.04. The van der Waals surface area contributed by atoms with Gasteiger partial charge in [0.1, 0.15) is 0 Å². The van der Waals surface area contributed by atoms with Crippen molar-refractivity contribution < 1.29 is 14.9 Å². The molecule has 0 spiro atoms. The topological polar surface area (TPSA) is 70.1 Å². The molecule has 2 heterocycles. The second-order valence-electron chi connectivity index (χ2n) is 7.04. The van der Waals surface area contributed by atoms with Gasteiger partial charge in [-0.25, -0.2) is 0 Å². The lowest BCUT2D eigenvalue weighted by Crippen LogP contribution is -2.44. The van der Waals surface area contributed by atoms with Crippen molar-refractivity contribution in [1.29, 1.82) is 0 Å². The summed E-state index contributed by atoms with van der Waals surface area (Å²) >= 11 is 1.71. The summed E-state index contributed by atoms with van der Waals surface area (Å²) in [6.07, 6.45) is 0.679. The molecule has 2 aromatic carbocycles. The van der Waals surface area contributed by atoms with E-state index in [-0.39, 0.29) is 6.29 Å². The summed E-state index contributed by atoms with van der Waals surface area (Å²) in [4.78, 5) is 1.15. The molecule has 2 aromatic rings. The normalized spacial score (nSPS) is 15.3. The van der Waals surface area contributed by atoms with E-state index in [1.807, 2.05) is 24.3 Å². The molecule has 4 nitrogen and oxygen atoms in total. The third kappa shape index (κ3) is 3.07. The number of hydrogen-bond donors (Lipinski definition) is 2. The van der Waals surface area contributed by atoms with Gasteiger partial charge in [0.05, 0.1) is 13.2 Å². The van der Waals surface area contributed by atoms with Crippen LogP contribution in [-0.4, -0.2) is 13.2 Å². The molecule has 0 atom stereocenters. The van der Waals surface area contributed by atoms with Crippen molar-refractivity contribution in [3.63, 3.8) is 0 Å². The molecule has 0 radical (unpaired) electrons. The molecule has 1 fully saturated rings. The van der Waals surface area contributed by atoms with E-state index in [0.717, 1.165) is 51.4 Å². The number of hydrogen-bond acceptors (Lipinski definition) is 4. The number of fused-ring (bicyclic) bond motifs is 2. The summed E-state index contributed by atoms with van der Waals surface area (Å²) in [6, 6.07) is 20.7. The molecule has 140 valence electrons. The van der Waals surface area contributed by atoms with Crippen molar-refractivity contribution in [1.82, 2.24) is 0 Å². The smallest absolute Gasteiger partial charge is 0.198 e. The minimum Gasteiger partial charge on any atom is -0.399 e. The van der Waals surface area contributed by atoms with Crippen LogP contribution in [0.5, 0.6) is 0 Å². The van der Waals surface area contributed by atoms with Crippen molar-refractivity contribution in [2.45, 2.75) is 12.7 Å². The number of nitrogen functional groups attached to an aromatic ring is 1. The highest BCUT2D eigenvalue weighted by Gasteiger charge is 2.19. The lowest BCUT2D eigenvalue weighted by atomic mass is 9.94. The first-order valence-electron chi connectivity index (χ1n) is 9.37. The zero-order valence-corrected chi connectivity index (χ0v) is 16.2. The molecule has 4 N–H and O–H groups in total. The molecule has 3 aliphatic rings. The summed E-state index contributed by atoms with van der Waals surface area (Å²) in [6.45, 7) is 1.48. The highest BCUT2D eigenvalue weighted by atomic mass is 32.1. The van der Waals surface area contributed by atoms with Gasteiger partial charge in [-0.15, -0.1) is 11.3 Å². The van der Waals surface area contributed by atoms with Crippen molar-refractivity contribution in [3.8, 4) is 21.6 Å². The van der Waals surface area contributed by atoms with Crippen LogP contribution in [0.15, 0.2) is 60.7 Å². The first-order valence-corrected chi connectivity index (χ1v) is 10.2. The maximum atomic E-state index is 6.04. The standard InChI is InChI=1S/C23H20N2O2S/c24-16-6-8-18-20(12-16)28-21-13-17(25)7-9-19(21)22(18)14-2-4-15(5-3-14)23-26-10-1-11-27-23/h2-9,12-13,23-24H,1,10-11,25H2/p+1. The Balaban J connectivity index is 1.69. The van der Waals surface area contributed by atoms with Crippen molar-refractivity contribution >= 4 is 27.1 Å². The van der Waals surface area contributed by atoms with Crippen LogP contribution in [0.2, 0.25) is 0 Å². The fraction of sp³-hybridized carbons (Fsp3) is 0.174. The maximum Gasteiger partial charge on any atom is 0.198 e. The molecule has 0 unspecified atom stereocenters. The third-order valence-corrected chi connectivity index (χ3v) is 6.18. The largest absolute Gasteiger partial charge is 0.399 e. The van der Waals surface area contributed by atoms with E-state index in [1.165, 1.54) is 16.5 Å². The minimum absolute atomic E-state index is 0.270. The Hall–Kier alpha value is -2.73. The number of benzene rings is 3. The number of anilines is 1. The fourth-order valence-corrected chi connectivity index (χ4v) is 4.91. The highest BCUT2D eigenvalue weighted by molar-refractivity contribution is 7.21. The molecule has 28 heavy (non-hydrogen) atoms. The van der Waals surface area contributed by atoms with Crippen molar-refractivity contribution in [3.05, 3.63) is 71.6 Å². The minimum atomic E-state index is -0.270. The van der Waals surface area contributed by atoms with E-state index < -0.39 is 0 Å². The number of ether oxygens (including phenoxy) is 2. The fourth-order valence-electron chi connectivity index (χ4n) is 3.72. The van der Waals surface area contributed by atoms with E-state index >= 15 is 0 Å². The molecule has 5 heteroatoms. The molecule has 2 aliphatic heterocycles. The predicted molar refractivity (Wildman–Crippen MR) is 113 cm³/mol. The van der Waals surface area contributed by atoms with Crippen molar-refractivity contribution in [2.75, 3.05) is 18.9 Å². The van der Waals surface area contributed by atoms with Gasteiger partial charge in [-0.05, 0) is 35.7 Å². The summed E-state index contributed by atoms with van der Waals surface area (Å²) in [5, 5.41) is 8.00. The van der Waals surface area contributed by atoms with Crippen LogP contribution in [-0.2, 0) is 9.47 Å². The Morgan fingerprint density at radius 3 is 2.50 bits per heavy atom. The molecule has 1 aliphatic carbocycles. The van der Waals surface area contributed by atoms with E-state index in [9.17, 15) is 0 Å². The number of nitrogens with two attached hydrogens (primary N) is 2. The summed E-state index contributed by atoms with van der Waals surface area (Å²) in [5.41, 5.74) is 11.4. The van der Waals surface area contributed by atoms with Crippen LogP contribution in [0, 0.1) is 0 Å². The molecule has 1 saturated heterocycles. The summed E-state index contributed by atoms with van der Waals surface area (Å²) in [7, 11) is 0. The summed E-state index contributed by atoms with van der Waals surface area (Å²) in [5.74, 6) is 0. The third-order valence-electron chi connectivity index (χ3n) is 5.07. The first kappa shape index (κ1) is 17.4. The molecule has 0 amide bonds. The lowest BCUT2D eigenvalue weighted by molar-refractivity contribution is -0.183. The molecule has 0 aromatic heterocycles. The number of rotatable bonds is 2. The quantitative estimate of drug-likeness (QED) is 0.408. The first-order chi connectivity index (χ1) is 13.7. The van der Waals surface area contributed by atoms with Crippen LogP contribution in [0.25, 0.3) is 31.7 Å². The SMILES string of the molecule is Nc1ccc2c(-c3ccc(C4OCCCO4)cc3)c3ccc(=[NH2+])cc-3sc2c1. The van der Waals surface area contributed by atoms with Gasteiger partial charge in [-0.2, -0.15) is 0 Å². The zero-order chi connectivity index (χ0) is 19.1. The van der Waals surface area contributed by atoms with E-state index in [1.54, 1.807) is 11.3 Å². The van der Waals surface area contributed by atoms with E-state index in [2.05, 4.69) is 36.4 Å². The Morgan fingerprint density at radius 2 is 1.71 bits per heavy atom. The molecule has 0 saturated carbocycles. The predicted octanol–water partition coefficient (Wildman–Crippen LogP) is 3.35. The van der Waals surface area contributed by atoms with Crippen molar-refractivity contribution in [2.24, 2.45) is 0 Å². The van der Waals surface area contributed by atoms with Gasteiger partial charge in [0.2, 0.25) is 0 Å². The van der Waals surface area contributed by atoms with E-state index in [4.69, 9.17) is 20.6 Å². The average molecular weight is 390 g/mol. The average Bonchev–Trinajstić information content (AvgIpc) is 2.72. The van der Waals surface area contributed by atoms with Crippen LogP contribution in [0.3, 0.4) is 0 Å². The van der Waals surface area contributed by atoms with Gasteiger partial charge in [-0.3, -0.25) is 5.41 Å². The van der Waals surface area contributed by atoms with Gasteiger partial charge in [0.25, 0.3) is 0 Å². The molecular formula is C23H21N2O2S+. The molecular weight excluding hydrogens is 368 g/mol. The van der Waals surface area contributed by atoms with Crippen LogP contribution >= 0.6 is 11.3 Å². The monoisotopic (exact) mass is 389 g/mol.